The van der Waals surface area contributed by atoms with Gasteiger partial charge >= 0.3 is 0 Å². The van der Waals surface area contributed by atoms with Gasteiger partial charge in [0.25, 0.3) is 5.91 Å². The summed E-state index contributed by atoms with van der Waals surface area (Å²) in [5, 5.41) is 0. The first-order chi connectivity index (χ1) is 7.97. The van der Waals surface area contributed by atoms with Gasteiger partial charge in [0.15, 0.2) is 0 Å². The fourth-order valence-corrected chi connectivity index (χ4v) is 1.83. The number of carbonyl (C=O) groups excluding carboxylic acids is 1. The molecule has 0 aliphatic carbocycles. The van der Waals surface area contributed by atoms with E-state index < -0.39 is 5.82 Å². The van der Waals surface area contributed by atoms with E-state index in [9.17, 15) is 9.18 Å². The summed E-state index contributed by atoms with van der Waals surface area (Å²) in [5.41, 5.74) is 0.980. The molecule has 0 heterocycles. The molecule has 0 aliphatic heterocycles. The number of hydrogen-bond acceptors (Lipinski definition) is 1. The highest BCUT2D eigenvalue weighted by molar-refractivity contribution is 6.18. The molecule has 1 amide bonds. The van der Waals surface area contributed by atoms with Gasteiger partial charge in [0, 0.05) is 18.5 Å². The monoisotopic (exact) mass is 257 g/mol. The topological polar surface area (TPSA) is 20.3 Å². The van der Waals surface area contributed by atoms with Crippen molar-refractivity contribution >= 4 is 17.5 Å². The largest absolute Gasteiger partial charge is 0.335 e. The summed E-state index contributed by atoms with van der Waals surface area (Å²) in [7, 11) is 0. The van der Waals surface area contributed by atoms with E-state index in [0.717, 1.165) is 5.56 Å². The van der Waals surface area contributed by atoms with Gasteiger partial charge in [-0.3, -0.25) is 4.79 Å². The maximum absolute atomic E-state index is 13.6. The van der Waals surface area contributed by atoms with Gasteiger partial charge in [-0.2, -0.15) is 0 Å². The van der Waals surface area contributed by atoms with Crippen LogP contribution in [0.4, 0.5) is 4.39 Å². The molecule has 1 aromatic rings. The lowest BCUT2D eigenvalue weighted by Gasteiger charge is -2.26. The van der Waals surface area contributed by atoms with Crippen LogP contribution >= 0.6 is 11.6 Å². The third-order valence-electron chi connectivity index (χ3n) is 2.56. The number of carbonyl (C=O) groups is 1. The average molecular weight is 258 g/mol. The van der Waals surface area contributed by atoms with Crippen LogP contribution in [0.1, 0.15) is 29.8 Å². The Morgan fingerprint density at radius 2 is 2.12 bits per heavy atom. The molecule has 0 spiro atoms. The van der Waals surface area contributed by atoms with Crippen LogP contribution < -0.4 is 0 Å². The Balaban J connectivity index is 3.04. The van der Waals surface area contributed by atoms with Gasteiger partial charge in [-0.15, -0.1) is 11.6 Å². The SMILES string of the molecule is Cc1ccc(F)c(C(=O)N(CCCl)C(C)C)c1. The normalized spacial score (nSPS) is 10.7. The molecule has 0 atom stereocenters. The lowest BCUT2D eigenvalue weighted by Crippen LogP contribution is -2.38. The summed E-state index contributed by atoms with van der Waals surface area (Å²) in [6, 6.07) is 4.54. The van der Waals surface area contributed by atoms with E-state index in [4.69, 9.17) is 11.6 Å². The van der Waals surface area contributed by atoms with E-state index in [2.05, 4.69) is 0 Å². The van der Waals surface area contributed by atoms with Gasteiger partial charge < -0.3 is 4.90 Å². The lowest BCUT2D eigenvalue weighted by atomic mass is 10.1. The van der Waals surface area contributed by atoms with E-state index in [0.29, 0.717) is 12.4 Å². The zero-order chi connectivity index (χ0) is 13.0. The number of amides is 1. The molecule has 0 radical (unpaired) electrons. The van der Waals surface area contributed by atoms with Gasteiger partial charge in [-0.25, -0.2) is 4.39 Å². The van der Waals surface area contributed by atoms with Crippen LogP contribution in [-0.4, -0.2) is 29.3 Å². The second kappa shape index (κ2) is 6.01. The van der Waals surface area contributed by atoms with Gasteiger partial charge in [0.05, 0.1) is 5.56 Å². The highest BCUT2D eigenvalue weighted by Crippen LogP contribution is 2.14. The molecule has 0 fully saturated rings. The van der Waals surface area contributed by atoms with Crippen LogP contribution in [-0.2, 0) is 0 Å². The molecule has 0 saturated heterocycles. The van der Waals surface area contributed by atoms with Gasteiger partial charge in [0.2, 0.25) is 0 Å². The Labute approximate surface area is 106 Å². The van der Waals surface area contributed by atoms with E-state index >= 15 is 0 Å². The fraction of sp³-hybridized carbons (Fsp3) is 0.462. The first kappa shape index (κ1) is 14.0. The van der Waals surface area contributed by atoms with Crippen molar-refractivity contribution in [3.63, 3.8) is 0 Å². The van der Waals surface area contributed by atoms with Crippen molar-refractivity contribution in [3.8, 4) is 0 Å². The van der Waals surface area contributed by atoms with Crippen LogP contribution in [0, 0.1) is 12.7 Å². The standard InChI is InChI=1S/C13H17ClFNO/c1-9(2)16(7-6-14)13(17)11-8-10(3)4-5-12(11)15/h4-5,8-9H,6-7H2,1-3H3. The van der Waals surface area contributed by atoms with Gasteiger partial charge in [-0.05, 0) is 32.9 Å². The molecule has 0 aliphatic rings. The number of rotatable bonds is 4. The Morgan fingerprint density at radius 3 is 2.65 bits per heavy atom. The van der Waals surface area contributed by atoms with Crippen molar-refractivity contribution in [2.45, 2.75) is 26.8 Å². The second-order valence-electron chi connectivity index (χ2n) is 4.26. The summed E-state index contributed by atoms with van der Waals surface area (Å²) in [4.78, 5) is 13.8. The molecule has 0 unspecified atom stereocenters. The van der Waals surface area contributed by atoms with Crippen molar-refractivity contribution in [1.82, 2.24) is 4.90 Å². The minimum Gasteiger partial charge on any atom is -0.335 e. The molecule has 0 bridgehead atoms. The number of benzene rings is 1. The summed E-state index contributed by atoms with van der Waals surface area (Å²) in [6.07, 6.45) is 0. The summed E-state index contributed by atoms with van der Waals surface area (Å²) >= 11 is 5.66. The molecule has 0 aromatic heterocycles. The Kier molecular flexibility index (Phi) is 4.94. The number of hydrogen-bond donors (Lipinski definition) is 0. The zero-order valence-corrected chi connectivity index (χ0v) is 11.1. The summed E-state index contributed by atoms with van der Waals surface area (Å²) in [5.74, 6) is -0.445. The first-order valence-electron chi connectivity index (χ1n) is 5.60. The minimum absolute atomic E-state index is 0.00108. The molecule has 0 saturated carbocycles. The average Bonchev–Trinajstić information content (AvgIpc) is 2.28. The highest BCUT2D eigenvalue weighted by Gasteiger charge is 2.21. The first-order valence-corrected chi connectivity index (χ1v) is 6.14. The van der Waals surface area contributed by atoms with Crippen LogP contribution in [0.5, 0.6) is 0 Å². The molecule has 1 aromatic carbocycles. The predicted octanol–water partition coefficient (Wildman–Crippen LogP) is 3.22. The summed E-state index contributed by atoms with van der Waals surface area (Å²) < 4.78 is 13.6. The third-order valence-corrected chi connectivity index (χ3v) is 2.73. The van der Waals surface area contributed by atoms with E-state index in [1.807, 2.05) is 20.8 Å². The van der Waals surface area contributed by atoms with Crippen LogP contribution in [0.2, 0.25) is 0 Å². The third kappa shape index (κ3) is 3.43. The van der Waals surface area contributed by atoms with Crippen molar-refractivity contribution in [2.75, 3.05) is 12.4 Å². The molecule has 17 heavy (non-hydrogen) atoms. The number of halogens is 2. The van der Waals surface area contributed by atoms with Crippen LogP contribution in [0.3, 0.4) is 0 Å². The fourth-order valence-electron chi connectivity index (χ4n) is 1.64. The van der Waals surface area contributed by atoms with Crippen molar-refractivity contribution in [3.05, 3.63) is 35.1 Å². The quantitative estimate of drug-likeness (QED) is 0.759. The molecule has 1 rings (SSSR count). The van der Waals surface area contributed by atoms with Crippen LogP contribution in [0.15, 0.2) is 18.2 Å². The Bertz CT molecular complexity index is 406. The van der Waals surface area contributed by atoms with E-state index in [1.54, 1.807) is 17.0 Å². The summed E-state index contributed by atoms with van der Waals surface area (Å²) in [6.45, 7) is 6.03. The lowest BCUT2D eigenvalue weighted by molar-refractivity contribution is 0.0713. The maximum Gasteiger partial charge on any atom is 0.257 e. The Morgan fingerprint density at radius 1 is 1.47 bits per heavy atom. The van der Waals surface area contributed by atoms with Crippen molar-refractivity contribution < 1.29 is 9.18 Å². The van der Waals surface area contributed by atoms with Crippen LogP contribution in [0.25, 0.3) is 0 Å². The molecular formula is C13H17ClFNO. The molecule has 0 N–H and O–H groups in total. The van der Waals surface area contributed by atoms with Crippen molar-refractivity contribution in [2.24, 2.45) is 0 Å². The molecule has 94 valence electrons. The predicted molar refractivity (Wildman–Crippen MR) is 68.0 cm³/mol. The highest BCUT2D eigenvalue weighted by atomic mass is 35.5. The molecular weight excluding hydrogens is 241 g/mol. The number of aryl methyl sites for hydroxylation is 1. The Hall–Kier alpha value is -1.09. The smallest absolute Gasteiger partial charge is 0.257 e. The molecule has 4 heteroatoms. The number of nitrogens with zero attached hydrogens (tertiary/aromatic N) is 1. The molecule has 2 nitrogen and oxygen atoms in total. The van der Waals surface area contributed by atoms with E-state index in [-0.39, 0.29) is 17.5 Å². The van der Waals surface area contributed by atoms with E-state index in [1.165, 1.54) is 6.07 Å². The van der Waals surface area contributed by atoms with Gasteiger partial charge in [-0.1, -0.05) is 11.6 Å². The maximum atomic E-state index is 13.6. The van der Waals surface area contributed by atoms with Crippen molar-refractivity contribution in [1.29, 1.82) is 0 Å². The second-order valence-corrected chi connectivity index (χ2v) is 4.64. The number of alkyl halides is 1. The van der Waals surface area contributed by atoms with Gasteiger partial charge in [0.1, 0.15) is 5.82 Å². The zero-order valence-electron chi connectivity index (χ0n) is 10.3. The minimum atomic E-state index is -0.485.